The van der Waals surface area contributed by atoms with Gasteiger partial charge in [0.15, 0.2) is 0 Å². The zero-order valence-corrected chi connectivity index (χ0v) is 13.0. The molecule has 20 heavy (non-hydrogen) atoms. The van der Waals surface area contributed by atoms with Crippen LogP contribution < -0.4 is 10.6 Å². The van der Waals surface area contributed by atoms with Gasteiger partial charge in [-0.15, -0.1) is 12.4 Å². The molecule has 112 valence electrons. The van der Waals surface area contributed by atoms with Crippen LogP contribution in [0.25, 0.3) is 0 Å². The molecule has 2 N–H and O–H groups in total. The van der Waals surface area contributed by atoms with Crippen molar-refractivity contribution in [1.82, 2.24) is 4.90 Å². The molecule has 0 spiro atoms. The first-order valence-corrected chi connectivity index (χ1v) is 6.89. The molecular formula is C15H24ClN3O. The van der Waals surface area contributed by atoms with Gasteiger partial charge in [0, 0.05) is 45.3 Å². The Morgan fingerprint density at radius 3 is 2.30 bits per heavy atom. The summed E-state index contributed by atoms with van der Waals surface area (Å²) in [6.45, 7) is 4.23. The standard InChI is InChI=1S/C15H23N3O.ClH/c1-12(19)17(2)14-7-9-18(10-8-14)15-5-3-13(11-16)4-6-15;/h3-6,14H,7-11,16H2,1-2H3;1H. The number of halogens is 1. The Morgan fingerprint density at radius 1 is 1.30 bits per heavy atom. The van der Waals surface area contributed by atoms with Gasteiger partial charge in [0.05, 0.1) is 0 Å². The molecule has 0 atom stereocenters. The Morgan fingerprint density at radius 2 is 1.85 bits per heavy atom. The van der Waals surface area contributed by atoms with Crippen LogP contribution in [0.4, 0.5) is 5.69 Å². The molecule has 1 aliphatic heterocycles. The van der Waals surface area contributed by atoms with Crippen LogP contribution in [-0.2, 0) is 11.3 Å². The monoisotopic (exact) mass is 297 g/mol. The Kier molecular flexibility index (Phi) is 6.30. The van der Waals surface area contributed by atoms with E-state index in [0.29, 0.717) is 12.6 Å². The number of nitrogens with zero attached hydrogens (tertiary/aromatic N) is 2. The highest BCUT2D eigenvalue weighted by Gasteiger charge is 2.23. The van der Waals surface area contributed by atoms with Gasteiger partial charge >= 0.3 is 0 Å². The molecule has 1 heterocycles. The number of amides is 1. The molecule has 0 aromatic heterocycles. The van der Waals surface area contributed by atoms with E-state index in [4.69, 9.17) is 5.73 Å². The summed E-state index contributed by atoms with van der Waals surface area (Å²) in [6.07, 6.45) is 2.07. The van der Waals surface area contributed by atoms with E-state index in [1.165, 1.54) is 5.69 Å². The first-order chi connectivity index (χ1) is 9.11. The molecule has 5 heteroatoms. The highest BCUT2D eigenvalue weighted by atomic mass is 35.5. The van der Waals surface area contributed by atoms with E-state index in [0.717, 1.165) is 31.5 Å². The number of carbonyl (C=O) groups is 1. The van der Waals surface area contributed by atoms with Crippen molar-refractivity contribution < 1.29 is 4.79 Å². The third-order valence-electron chi connectivity index (χ3n) is 4.05. The van der Waals surface area contributed by atoms with E-state index in [1.54, 1.807) is 6.92 Å². The topological polar surface area (TPSA) is 49.6 Å². The summed E-state index contributed by atoms with van der Waals surface area (Å²) in [4.78, 5) is 15.6. The van der Waals surface area contributed by atoms with Crippen LogP contribution in [0, 0.1) is 0 Å². The van der Waals surface area contributed by atoms with Crippen LogP contribution in [0.2, 0.25) is 0 Å². The number of rotatable bonds is 3. The third kappa shape index (κ3) is 3.87. The first kappa shape index (κ1) is 16.8. The molecule has 1 saturated heterocycles. The minimum atomic E-state index is 0. The zero-order valence-electron chi connectivity index (χ0n) is 12.2. The maximum atomic E-state index is 11.4. The molecule has 0 radical (unpaired) electrons. The second kappa shape index (κ2) is 7.50. The lowest BCUT2D eigenvalue weighted by Gasteiger charge is -2.37. The van der Waals surface area contributed by atoms with Gasteiger partial charge in [0.1, 0.15) is 0 Å². The van der Waals surface area contributed by atoms with E-state index >= 15 is 0 Å². The quantitative estimate of drug-likeness (QED) is 0.928. The number of carbonyl (C=O) groups excluding carboxylic acids is 1. The van der Waals surface area contributed by atoms with Gasteiger partial charge in [-0.2, -0.15) is 0 Å². The van der Waals surface area contributed by atoms with Crippen LogP contribution >= 0.6 is 12.4 Å². The van der Waals surface area contributed by atoms with Crippen molar-refractivity contribution in [2.75, 3.05) is 25.0 Å². The van der Waals surface area contributed by atoms with Crippen molar-refractivity contribution in [2.24, 2.45) is 5.73 Å². The van der Waals surface area contributed by atoms with Gasteiger partial charge in [0.2, 0.25) is 5.91 Å². The number of hydrogen-bond acceptors (Lipinski definition) is 3. The molecule has 0 bridgehead atoms. The fraction of sp³-hybridized carbons (Fsp3) is 0.533. The molecule has 0 aliphatic carbocycles. The molecule has 1 aromatic rings. The maximum absolute atomic E-state index is 11.4. The summed E-state index contributed by atoms with van der Waals surface area (Å²) in [6, 6.07) is 8.83. The minimum absolute atomic E-state index is 0. The Hall–Kier alpha value is -1.26. The fourth-order valence-corrected chi connectivity index (χ4v) is 2.61. The Labute approximate surface area is 127 Å². The highest BCUT2D eigenvalue weighted by Crippen LogP contribution is 2.22. The molecule has 4 nitrogen and oxygen atoms in total. The van der Waals surface area contributed by atoms with Crippen molar-refractivity contribution >= 4 is 24.0 Å². The number of nitrogens with two attached hydrogens (primary N) is 1. The van der Waals surface area contributed by atoms with Gasteiger partial charge in [-0.05, 0) is 30.5 Å². The van der Waals surface area contributed by atoms with Crippen LogP contribution in [-0.4, -0.2) is 37.0 Å². The van der Waals surface area contributed by atoms with Crippen molar-refractivity contribution in [3.05, 3.63) is 29.8 Å². The zero-order chi connectivity index (χ0) is 13.8. The largest absolute Gasteiger partial charge is 0.371 e. The minimum Gasteiger partial charge on any atom is -0.371 e. The van der Waals surface area contributed by atoms with Gasteiger partial charge in [-0.1, -0.05) is 12.1 Å². The van der Waals surface area contributed by atoms with Crippen molar-refractivity contribution in [3.8, 4) is 0 Å². The Bertz CT molecular complexity index is 427. The van der Waals surface area contributed by atoms with Crippen molar-refractivity contribution in [3.63, 3.8) is 0 Å². The SMILES string of the molecule is CC(=O)N(C)C1CCN(c2ccc(CN)cc2)CC1.Cl. The van der Waals surface area contributed by atoms with Gasteiger partial charge in [0.25, 0.3) is 0 Å². The normalized spacial score (nSPS) is 15.7. The van der Waals surface area contributed by atoms with Crippen LogP contribution in [0.15, 0.2) is 24.3 Å². The molecule has 2 rings (SSSR count). The summed E-state index contributed by atoms with van der Waals surface area (Å²) < 4.78 is 0. The fourth-order valence-electron chi connectivity index (χ4n) is 2.61. The molecule has 1 aliphatic rings. The summed E-state index contributed by atoms with van der Waals surface area (Å²) >= 11 is 0. The smallest absolute Gasteiger partial charge is 0.219 e. The summed E-state index contributed by atoms with van der Waals surface area (Å²) in [7, 11) is 1.90. The second-order valence-corrected chi connectivity index (χ2v) is 5.22. The first-order valence-electron chi connectivity index (χ1n) is 6.89. The number of piperidine rings is 1. The average molecular weight is 298 g/mol. The van der Waals surface area contributed by atoms with Gasteiger partial charge in [-0.25, -0.2) is 0 Å². The number of anilines is 1. The number of hydrogen-bond donors (Lipinski definition) is 1. The van der Waals surface area contributed by atoms with E-state index in [9.17, 15) is 4.79 Å². The van der Waals surface area contributed by atoms with Gasteiger partial charge in [-0.3, -0.25) is 4.79 Å². The van der Waals surface area contributed by atoms with E-state index < -0.39 is 0 Å². The maximum Gasteiger partial charge on any atom is 0.219 e. The average Bonchev–Trinajstić information content (AvgIpc) is 2.46. The van der Waals surface area contributed by atoms with Crippen molar-refractivity contribution in [2.45, 2.75) is 32.4 Å². The van der Waals surface area contributed by atoms with E-state index in [-0.39, 0.29) is 18.3 Å². The molecule has 1 amide bonds. The van der Waals surface area contributed by atoms with Crippen LogP contribution in [0.1, 0.15) is 25.3 Å². The van der Waals surface area contributed by atoms with E-state index in [2.05, 4.69) is 29.2 Å². The summed E-state index contributed by atoms with van der Waals surface area (Å²) in [5.41, 5.74) is 8.02. The molecule has 0 unspecified atom stereocenters. The molecule has 1 aromatic carbocycles. The van der Waals surface area contributed by atoms with Crippen molar-refractivity contribution in [1.29, 1.82) is 0 Å². The lowest BCUT2D eigenvalue weighted by molar-refractivity contribution is -0.129. The number of benzene rings is 1. The lowest BCUT2D eigenvalue weighted by Crippen LogP contribution is -2.45. The summed E-state index contributed by atoms with van der Waals surface area (Å²) in [5, 5.41) is 0. The summed E-state index contributed by atoms with van der Waals surface area (Å²) in [5.74, 6) is 0.158. The van der Waals surface area contributed by atoms with Gasteiger partial charge < -0.3 is 15.5 Å². The van der Waals surface area contributed by atoms with E-state index in [1.807, 2.05) is 11.9 Å². The third-order valence-corrected chi connectivity index (χ3v) is 4.05. The predicted octanol–water partition coefficient (Wildman–Crippen LogP) is 2.01. The second-order valence-electron chi connectivity index (χ2n) is 5.22. The molecule has 1 fully saturated rings. The lowest BCUT2D eigenvalue weighted by atomic mass is 10.0. The predicted molar refractivity (Wildman–Crippen MR) is 85.3 cm³/mol. The van der Waals surface area contributed by atoms with Crippen LogP contribution in [0.5, 0.6) is 0 Å². The molecule has 0 saturated carbocycles. The van der Waals surface area contributed by atoms with Crippen LogP contribution in [0.3, 0.4) is 0 Å². The Balaban J connectivity index is 0.00000200. The molecular weight excluding hydrogens is 274 g/mol. The highest BCUT2D eigenvalue weighted by molar-refractivity contribution is 5.85.